The SMILES string of the molecule is CC(C)(C)OC(=O)N1[C@H](CCC[C@@H]2O[C@H](COCc3ccccc3)[C@H](OCc3ccccc3)[C@H](OCc3ccccc3)[C@H]2OCc2ccccc2)COC1(C)C. The number of benzene rings is 4. The van der Waals surface area contributed by atoms with Crippen molar-refractivity contribution in [3.63, 3.8) is 0 Å². The molecule has 0 aromatic heterocycles. The number of hydrogen-bond acceptors (Lipinski definition) is 8. The van der Waals surface area contributed by atoms with Gasteiger partial charge in [-0.15, -0.1) is 0 Å². The van der Waals surface area contributed by atoms with Gasteiger partial charge >= 0.3 is 6.09 Å². The second kappa shape index (κ2) is 19.9. The quantitative estimate of drug-likeness (QED) is 0.105. The number of nitrogens with zero attached hydrogens (tertiary/aromatic N) is 1. The van der Waals surface area contributed by atoms with Crippen LogP contribution < -0.4 is 0 Å². The third kappa shape index (κ3) is 12.0. The summed E-state index contributed by atoms with van der Waals surface area (Å²) in [6, 6.07) is 40.5. The van der Waals surface area contributed by atoms with Crippen molar-refractivity contribution in [2.75, 3.05) is 13.2 Å². The van der Waals surface area contributed by atoms with Gasteiger partial charge in [-0.2, -0.15) is 0 Å². The van der Waals surface area contributed by atoms with Gasteiger partial charge < -0.3 is 33.2 Å². The highest BCUT2D eigenvalue weighted by molar-refractivity contribution is 5.69. The number of carbonyl (C=O) groups excluding carboxylic acids is 1. The summed E-state index contributed by atoms with van der Waals surface area (Å²) < 4.78 is 46.0. The van der Waals surface area contributed by atoms with Crippen molar-refractivity contribution in [1.29, 1.82) is 0 Å². The van der Waals surface area contributed by atoms with Gasteiger partial charge in [0.25, 0.3) is 0 Å². The van der Waals surface area contributed by atoms with Gasteiger partial charge in [0.2, 0.25) is 0 Å². The predicted molar refractivity (Wildman–Crippen MR) is 216 cm³/mol. The summed E-state index contributed by atoms with van der Waals surface area (Å²) in [4.78, 5) is 15.2. The predicted octanol–water partition coefficient (Wildman–Crippen LogP) is 9.27. The van der Waals surface area contributed by atoms with Gasteiger partial charge in [-0.25, -0.2) is 4.79 Å². The Morgan fingerprint density at radius 1 is 0.643 bits per heavy atom. The lowest BCUT2D eigenvalue weighted by Crippen LogP contribution is -2.61. The smallest absolute Gasteiger partial charge is 0.412 e. The summed E-state index contributed by atoms with van der Waals surface area (Å²) in [5, 5.41) is 0. The molecular formula is C47H59NO8. The fourth-order valence-corrected chi connectivity index (χ4v) is 7.45. The van der Waals surface area contributed by atoms with Crippen LogP contribution in [0.25, 0.3) is 0 Å². The van der Waals surface area contributed by atoms with E-state index >= 15 is 0 Å². The Kier molecular flexibility index (Phi) is 14.7. The van der Waals surface area contributed by atoms with Crippen molar-refractivity contribution >= 4 is 6.09 Å². The van der Waals surface area contributed by atoms with Crippen molar-refractivity contribution < 1.29 is 38.0 Å². The van der Waals surface area contributed by atoms with Crippen LogP contribution in [0, 0.1) is 0 Å². The summed E-state index contributed by atoms with van der Waals surface area (Å²) in [7, 11) is 0. The van der Waals surface area contributed by atoms with Gasteiger partial charge in [-0.1, -0.05) is 121 Å². The largest absolute Gasteiger partial charge is 0.444 e. The maximum atomic E-state index is 13.4. The highest BCUT2D eigenvalue weighted by Crippen LogP contribution is 2.35. The Bertz CT molecular complexity index is 1730. The average molecular weight is 766 g/mol. The van der Waals surface area contributed by atoms with E-state index in [0.29, 0.717) is 52.5 Å². The van der Waals surface area contributed by atoms with Gasteiger partial charge in [0, 0.05) is 0 Å². The van der Waals surface area contributed by atoms with E-state index in [1.807, 2.05) is 107 Å². The van der Waals surface area contributed by atoms with E-state index in [2.05, 4.69) is 48.5 Å². The standard InChI is InChI=1S/C47H59NO8/c1-46(2,3)56-45(49)48-39(33-54-47(48,4)5)27-18-28-40-42(51-30-36-21-12-7-13-22-36)44(53-32-38-25-16-9-17-26-38)43(52-31-37-23-14-8-15-24-37)41(55-40)34-50-29-35-19-10-6-11-20-35/h6-17,19-26,39-44H,18,27-34H2,1-5H3/t39-,40+,41-,42+,43+,44-/m1/s1. The lowest BCUT2D eigenvalue weighted by atomic mass is 9.91. The first-order valence-electron chi connectivity index (χ1n) is 20.0. The maximum absolute atomic E-state index is 13.4. The summed E-state index contributed by atoms with van der Waals surface area (Å²) in [5.41, 5.74) is 2.85. The molecule has 0 bridgehead atoms. The van der Waals surface area contributed by atoms with Crippen molar-refractivity contribution in [3.05, 3.63) is 144 Å². The highest BCUT2D eigenvalue weighted by atomic mass is 16.6. The molecule has 300 valence electrons. The van der Waals surface area contributed by atoms with Crippen LogP contribution in [0.5, 0.6) is 0 Å². The Morgan fingerprint density at radius 3 is 1.57 bits per heavy atom. The number of ether oxygens (including phenoxy) is 7. The molecule has 6 rings (SSSR count). The van der Waals surface area contributed by atoms with Crippen LogP contribution >= 0.6 is 0 Å². The number of carbonyl (C=O) groups is 1. The molecule has 2 aliphatic rings. The van der Waals surface area contributed by atoms with E-state index in [1.54, 1.807) is 4.90 Å². The third-order valence-electron chi connectivity index (χ3n) is 10.2. The van der Waals surface area contributed by atoms with E-state index in [1.165, 1.54) is 0 Å². The first-order valence-corrected chi connectivity index (χ1v) is 20.0. The van der Waals surface area contributed by atoms with Crippen LogP contribution in [0.4, 0.5) is 4.79 Å². The van der Waals surface area contributed by atoms with Crippen molar-refractivity contribution in [2.45, 2.75) is 128 Å². The van der Waals surface area contributed by atoms with Gasteiger partial charge in [0.1, 0.15) is 35.7 Å². The molecule has 4 aromatic carbocycles. The molecule has 9 heteroatoms. The Labute approximate surface area is 333 Å². The van der Waals surface area contributed by atoms with E-state index < -0.39 is 35.7 Å². The van der Waals surface area contributed by atoms with Gasteiger partial charge in [0.05, 0.1) is 51.8 Å². The Morgan fingerprint density at radius 2 is 1.09 bits per heavy atom. The van der Waals surface area contributed by atoms with Crippen LogP contribution in [-0.2, 0) is 59.6 Å². The minimum Gasteiger partial charge on any atom is -0.444 e. The Hall–Kier alpha value is -4.09. The fraction of sp³-hybridized carbons (Fsp3) is 0.468. The lowest BCUT2D eigenvalue weighted by molar-refractivity contribution is -0.273. The molecule has 0 radical (unpaired) electrons. The lowest BCUT2D eigenvalue weighted by Gasteiger charge is -2.46. The molecule has 2 saturated heterocycles. The molecule has 6 atom stereocenters. The second-order valence-corrected chi connectivity index (χ2v) is 16.2. The third-order valence-corrected chi connectivity index (χ3v) is 10.2. The van der Waals surface area contributed by atoms with Gasteiger partial charge in [-0.3, -0.25) is 4.90 Å². The van der Waals surface area contributed by atoms with Gasteiger partial charge in [-0.05, 0) is 76.1 Å². The number of amides is 1. The normalized spacial score (nSPS) is 23.6. The summed E-state index contributed by atoms with van der Waals surface area (Å²) in [6.45, 7) is 11.8. The molecule has 0 aliphatic carbocycles. The van der Waals surface area contributed by atoms with E-state index in [-0.39, 0.29) is 18.2 Å². The maximum Gasteiger partial charge on any atom is 0.412 e. The number of hydrogen-bond donors (Lipinski definition) is 0. The molecule has 0 saturated carbocycles. The summed E-state index contributed by atoms with van der Waals surface area (Å²) in [5.74, 6) is 0. The van der Waals surface area contributed by atoms with Gasteiger partial charge in [0.15, 0.2) is 0 Å². The minimum absolute atomic E-state index is 0.149. The van der Waals surface area contributed by atoms with E-state index in [0.717, 1.165) is 28.7 Å². The molecule has 1 amide bonds. The average Bonchev–Trinajstić information content (AvgIpc) is 3.50. The monoisotopic (exact) mass is 765 g/mol. The molecule has 0 N–H and O–H groups in total. The molecule has 4 aromatic rings. The van der Waals surface area contributed by atoms with Crippen LogP contribution in [0.3, 0.4) is 0 Å². The topological polar surface area (TPSA) is 84.9 Å². The molecule has 2 aliphatic heterocycles. The van der Waals surface area contributed by atoms with Crippen molar-refractivity contribution in [1.82, 2.24) is 4.90 Å². The zero-order valence-electron chi connectivity index (χ0n) is 33.6. The van der Waals surface area contributed by atoms with Crippen molar-refractivity contribution in [2.24, 2.45) is 0 Å². The van der Waals surface area contributed by atoms with Crippen molar-refractivity contribution in [3.8, 4) is 0 Å². The summed E-state index contributed by atoms with van der Waals surface area (Å²) >= 11 is 0. The van der Waals surface area contributed by atoms with E-state index in [9.17, 15) is 4.79 Å². The molecule has 2 fully saturated rings. The minimum atomic E-state index is -0.781. The molecule has 0 unspecified atom stereocenters. The second-order valence-electron chi connectivity index (χ2n) is 16.2. The molecule has 9 nitrogen and oxygen atoms in total. The molecule has 0 spiro atoms. The van der Waals surface area contributed by atoms with Crippen LogP contribution in [0.1, 0.15) is 76.1 Å². The molecule has 2 heterocycles. The summed E-state index contributed by atoms with van der Waals surface area (Å²) in [6.07, 6.45) is -0.523. The number of rotatable bonds is 17. The fourth-order valence-electron chi connectivity index (χ4n) is 7.45. The molecular weight excluding hydrogens is 707 g/mol. The first-order chi connectivity index (χ1) is 27.1. The van der Waals surface area contributed by atoms with E-state index in [4.69, 9.17) is 33.2 Å². The zero-order valence-corrected chi connectivity index (χ0v) is 33.6. The Balaban J connectivity index is 1.27. The van der Waals surface area contributed by atoms with Crippen LogP contribution in [-0.4, -0.2) is 72.1 Å². The highest BCUT2D eigenvalue weighted by Gasteiger charge is 2.49. The zero-order chi connectivity index (χ0) is 39.4. The van der Waals surface area contributed by atoms with Crippen LogP contribution in [0.2, 0.25) is 0 Å². The first kappa shape index (κ1) is 41.5. The molecule has 56 heavy (non-hydrogen) atoms. The van der Waals surface area contributed by atoms with Crippen LogP contribution in [0.15, 0.2) is 121 Å².